The lowest BCUT2D eigenvalue weighted by molar-refractivity contribution is -0.132. The molecule has 1 aliphatic rings. The van der Waals surface area contributed by atoms with E-state index in [4.69, 9.17) is 0 Å². The first kappa shape index (κ1) is 14.8. The second-order valence-electron chi connectivity index (χ2n) is 5.13. The largest absolute Gasteiger partial charge is 0.351 e. The zero-order valence-electron chi connectivity index (χ0n) is 11.4. The van der Waals surface area contributed by atoms with Crippen molar-refractivity contribution in [3.8, 4) is 0 Å². The quantitative estimate of drug-likeness (QED) is 0.756. The van der Waals surface area contributed by atoms with Crippen molar-refractivity contribution in [2.45, 2.75) is 32.4 Å². The van der Waals surface area contributed by atoms with Gasteiger partial charge < -0.3 is 10.6 Å². The lowest BCUT2D eigenvalue weighted by Crippen LogP contribution is -2.61. The van der Waals surface area contributed by atoms with Gasteiger partial charge in [-0.05, 0) is 27.0 Å². The predicted octanol–water partition coefficient (Wildman–Crippen LogP) is 0.538. The molecule has 4 nitrogen and oxygen atoms in total. The number of rotatable bonds is 5. The highest BCUT2D eigenvalue weighted by molar-refractivity contribution is 7.98. The molecule has 1 aliphatic heterocycles. The summed E-state index contributed by atoms with van der Waals surface area (Å²) >= 11 is 1.76. The molecule has 0 aliphatic carbocycles. The van der Waals surface area contributed by atoms with Crippen LogP contribution in [-0.2, 0) is 4.79 Å². The Morgan fingerprint density at radius 3 is 2.59 bits per heavy atom. The molecule has 17 heavy (non-hydrogen) atoms. The van der Waals surface area contributed by atoms with Crippen LogP contribution in [0, 0.1) is 0 Å². The summed E-state index contributed by atoms with van der Waals surface area (Å²) in [5, 5.41) is 6.41. The van der Waals surface area contributed by atoms with Crippen molar-refractivity contribution >= 4 is 17.7 Å². The van der Waals surface area contributed by atoms with Gasteiger partial charge in [0.05, 0.1) is 5.54 Å². The topological polar surface area (TPSA) is 44.4 Å². The standard InChI is InChI=1S/C12H25N3OS/c1-10(9-17-4)14-11(16)12(2,3)15-7-5-13-6-8-15/h10,13H,5-9H2,1-4H3,(H,14,16). The third kappa shape index (κ3) is 4.16. The number of nitrogens with one attached hydrogen (secondary N) is 2. The van der Waals surface area contributed by atoms with Gasteiger partial charge in [-0.2, -0.15) is 11.8 Å². The fourth-order valence-electron chi connectivity index (χ4n) is 2.06. The molecule has 1 amide bonds. The van der Waals surface area contributed by atoms with Crippen LogP contribution in [0.3, 0.4) is 0 Å². The monoisotopic (exact) mass is 259 g/mol. The Kier molecular flexibility index (Phi) is 5.76. The van der Waals surface area contributed by atoms with E-state index < -0.39 is 5.54 Å². The van der Waals surface area contributed by atoms with E-state index in [2.05, 4.69) is 28.7 Å². The highest BCUT2D eigenvalue weighted by Crippen LogP contribution is 2.15. The van der Waals surface area contributed by atoms with Gasteiger partial charge in [0.25, 0.3) is 0 Å². The van der Waals surface area contributed by atoms with E-state index in [1.165, 1.54) is 0 Å². The number of carbonyl (C=O) groups excluding carboxylic acids is 1. The van der Waals surface area contributed by atoms with Gasteiger partial charge in [-0.15, -0.1) is 0 Å². The lowest BCUT2D eigenvalue weighted by atomic mass is 10.00. The summed E-state index contributed by atoms with van der Waals surface area (Å²) in [6, 6.07) is 0.236. The maximum atomic E-state index is 12.3. The van der Waals surface area contributed by atoms with Crippen LogP contribution >= 0.6 is 11.8 Å². The molecule has 0 aromatic carbocycles. The first-order valence-electron chi connectivity index (χ1n) is 6.24. The molecule has 5 heteroatoms. The molecule has 1 rings (SSSR count). The summed E-state index contributed by atoms with van der Waals surface area (Å²) < 4.78 is 0. The Bertz CT molecular complexity index is 252. The minimum absolute atomic E-state index is 0.140. The van der Waals surface area contributed by atoms with Crippen LogP contribution in [0.4, 0.5) is 0 Å². The van der Waals surface area contributed by atoms with Crippen LogP contribution in [0.2, 0.25) is 0 Å². The van der Waals surface area contributed by atoms with Crippen LogP contribution in [0.25, 0.3) is 0 Å². The second-order valence-corrected chi connectivity index (χ2v) is 6.04. The average molecular weight is 259 g/mol. The number of carbonyl (C=O) groups is 1. The molecule has 1 heterocycles. The second kappa shape index (κ2) is 6.61. The summed E-state index contributed by atoms with van der Waals surface area (Å²) in [6.45, 7) is 9.91. The number of amides is 1. The summed E-state index contributed by atoms with van der Waals surface area (Å²) in [5.74, 6) is 1.10. The molecule has 0 aromatic rings. The first-order chi connectivity index (χ1) is 7.98. The Hall–Kier alpha value is -0.260. The highest BCUT2D eigenvalue weighted by atomic mass is 32.2. The van der Waals surface area contributed by atoms with E-state index in [0.717, 1.165) is 31.9 Å². The van der Waals surface area contributed by atoms with E-state index >= 15 is 0 Å². The van der Waals surface area contributed by atoms with Gasteiger partial charge in [-0.3, -0.25) is 9.69 Å². The van der Waals surface area contributed by atoms with Gasteiger partial charge in [0, 0.05) is 38.0 Å². The van der Waals surface area contributed by atoms with Crippen LogP contribution < -0.4 is 10.6 Å². The van der Waals surface area contributed by atoms with Gasteiger partial charge in [-0.25, -0.2) is 0 Å². The van der Waals surface area contributed by atoms with E-state index in [1.54, 1.807) is 11.8 Å². The third-order valence-corrected chi connectivity index (χ3v) is 4.09. The number of hydrogen-bond donors (Lipinski definition) is 2. The molecular weight excluding hydrogens is 234 g/mol. The smallest absolute Gasteiger partial charge is 0.240 e. The minimum Gasteiger partial charge on any atom is -0.351 e. The minimum atomic E-state index is -0.408. The molecule has 1 atom stereocenters. The maximum absolute atomic E-state index is 12.3. The zero-order valence-corrected chi connectivity index (χ0v) is 12.2. The lowest BCUT2D eigenvalue weighted by Gasteiger charge is -2.40. The summed E-state index contributed by atoms with van der Waals surface area (Å²) in [6.07, 6.45) is 2.06. The molecule has 1 saturated heterocycles. The summed E-state index contributed by atoms with van der Waals surface area (Å²) in [4.78, 5) is 14.5. The molecule has 1 fully saturated rings. The van der Waals surface area contributed by atoms with Gasteiger partial charge in [0.2, 0.25) is 5.91 Å². The third-order valence-electron chi connectivity index (χ3n) is 3.26. The van der Waals surface area contributed by atoms with Crippen LogP contribution in [-0.4, -0.2) is 60.6 Å². The average Bonchev–Trinajstić information content (AvgIpc) is 2.30. The van der Waals surface area contributed by atoms with Crippen molar-refractivity contribution in [1.82, 2.24) is 15.5 Å². The van der Waals surface area contributed by atoms with Crippen molar-refractivity contribution in [3.05, 3.63) is 0 Å². The fraction of sp³-hybridized carbons (Fsp3) is 0.917. The molecule has 0 spiro atoms. The molecule has 0 bridgehead atoms. The van der Waals surface area contributed by atoms with E-state index in [9.17, 15) is 4.79 Å². The van der Waals surface area contributed by atoms with Crippen molar-refractivity contribution in [2.75, 3.05) is 38.2 Å². The number of hydrogen-bond acceptors (Lipinski definition) is 4. The molecule has 0 radical (unpaired) electrons. The Morgan fingerprint density at radius 1 is 1.47 bits per heavy atom. The van der Waals surface area contributed by atoms with Crippen molar-refractivity contribution in [2.24, 2.45) is 0 Å². The number of nitrogens with zero attached hydrogens (tertiary/aromatic N) is 1. The molecule has 1 unspecified atom stereocenters. The predicted molar refractivity (Wildman–Crippen MR) is 74.5 cm³/mol. The van der Waals surface area contributed by atoms with Gasteiger partial charge in [0.15, 0.2) is 0 Å². The van der Waals surface area contributed by atoms with Crippen molar-refractivity contribution in [3.63, 3.8) is 0 Å². The zero-order chi connectivity index (χ0) is 12.9. The van der Waals surface area contributed by atoms with E-state index in [-0.39, 0.29) is 11.9 Å². The molecule has 0 aromatic heterocycles. The first-order valence-corrected chi connectivity index (χ1v) is 7.63. The molecule has 2 N–H and O–H groups in total. The Labute approximate surface area is 109 Å². The summed E-state index contributed by atoms with van der Waals surface area (Å²) in [7, 11) is 0. The van der Waals surface area contributed by atoms with E-state index in [1.807, 2.05) is 13.8 Å². The van der Waals surface area contributed by atoms with Crippen LogP contribution in [0.1, 0.15) is 20.8 Å². The van der Waals surface area contributed by atoms with Crippen molar-refractivity contribution < 1.29 is 4.79 Å². The Morgan fingerprint density at radius 2 is 2.06 bits per heavy atom. The van der Waals surface area contributed by atoms with Crippen LogP contribution in [0.5, 0.6) is 0 Å². The molecular formula is C12H25N3OS. The molecule has 0 saturated carbocycles. The SMILES string of the molecule is CSCC(C)NC(=O)C(C)(C)N1CCNCC1. The number of piperazine rings is 1. The number of thioether (sulfide) groups is 1. The maximum Gasteiger partial charge on any atom is 0.240 e. The van der Waals surface area contributed by atoms with Crippen LogP contribution in [0.15, 0.2) is 0 Å². The van der Waals surface area contributed by atoms with Gasteiger partial charge >= 0.3 is 0 Å². The Balaban J connectivity index is 2.52. The highest BCUT2D eigenvalue weighted by Gasteiger charge is 2.35. The van der Waals surface area contributed by atoms with Gasteiger partial charge in [-0.1, -0.05) is 0 Å². The normalized spacial score (nSPS) is 20.0. The van der Waals surface area contributed by atoms with Gasteiger partial charge in [0.1, 0.15) is 0 Å². The van der Waals surface area contributed by atoms with E-state index in [0.29, 0.717) is 0 Å². The summed E-state index contributed by atoms with van der Waals surface area (Å²) in [5.41, 5.74) is -0.408. The fourth-order valence-corrected chi connectivity index (χ4v) is 2.64. The molecule has 100 valence electrons. The van der Waals surface area contributed by atoms with Crippen molar-refractivity contribution in [1.29, 1.82) is 0 Å².